The van der Waals surface area contributed by atoms with Crippen molar-refractivity contribution in [2.45, 2.75) is 43.5 Å². The van der Waals surface area contributed by atoms with E-state index < -0.39 is 0 Å². The Morgan fingerprint density at radius 1 is 1.32 bits per heavy atom. The van der Waals surface area contributed by atoms with Crippen LogP contribution in [0, 0.1) is 19.7 Å². The van der Waals surface area contributed by atoms with Crippen molar-refractivity contribution in [3.05, 3.63) is 71.0 Å². The van der Waals surface area contributed by atoms with Gasteiger partial charge in [-0.2, -0.15) is 0 Å². The molecule has 1 aromatic carbocycles. The Labute approximate surface area is 185 Å². The van der Waals surface area contributed by atoms with Crippen molar-refractivity contribution in [2.24, 2.45) is 0 Å². The van der Waals surface area contributed by atoms with E-state index in [4.69, 9.17) is 4.52 Å². The molecule has 1 aliphatic rings. The molecule has 1 aliphatic heterocycles. The van der Waals surface area contributed by atoms with Gasteiger partial charge in [0, 0.05) is 37.1 Å². The van der Waals surface area contributed by atoms with Gasteiger partial charge in [0.25, 0.3) is 5.91 Å². The summed E-state index contributed by atoms with van der Waals surface area (Å²) in [5, 5.41) is 7.76. The quantitative estimate of drug-likeness (QED) is 0.569. The lowest BCUT2D eigenvalue weighted by Gasteiger charge is -2.35. The number of carbonyl (C=O) groups is 1. The molecule has 0 saturated carbocycles. The van der Waals surface area contributed by atoms with Crippen molar-refractivity contribution < 1.29 is 13.7 Å². The fourth-order valence-corrected chi connectivity index (χ4v) is 4.62. The Kier molecular flexibility index (Phi) is 6.56. The van der Waals surface area contributed by atoms with Crippen LogP contribution in [0.5, 0.6) is 0 Å². The van der Waals surface area contributed by atoms with Crippen LogP contribution in [0.15, 0.2) is 52.1 Å². The Balaban J connectivity index is 1.42. The van der Waals surface area contributed by atoms with Crippen molar-refractivity contribution in [3.8, 4) is 0 Å². The lowest BCUT2D eigenvalue weighted by atomic mass is 10.0. The van der Waals surface area contributed by atoms with Crippen LogP contribution in [0.1, 0.15) is 40.2 Å². The smallest absolute Gasteiger partial charge is 0.254 e. The highest BCUT2D eigenvalue weighted by molar-refractivity contribution is 7.98. The number of nitrogens with one attached hydrogen (secondary N) is 1. The van der Waals surface area contributed by atoms with Crippen molar-refractivity contribution in [2.75, 3.05) is 18.0 Å². The van der Waals surface area contributed by atoms with Gasteiger partial charge in [0.1, 0.15) is 16.6 Å². The number of piperidine rings is 1. The number of benzene rings is 1. The van der Waals surface area contributed by atoms with Crippen LogP contribution in [-0.2, 0) is 5.75 Å². The number of hydrogen-bond donors (Lipinski definition) is 1. The third-order valence-corrected chi connectivity index (χ3v) is 6.29. The van der Waals surface area contributed by atoms with E-state index in [0.29, 0.717) is 28.6 Å². The van der Waals surface area contributed by atoms with Gasteiger partial charge in [0.2, 0.25) is 0 Å². The molecule has 0 bridgehead atoms. The van der Waals surface area contributed by atoms with Gasteiger partial charge >= 0.3 is 0 Å². The van der Waals surface area contributed by atoms with Gasteiger partial charge in [-0.05, 0) is 56.5 Å². The van der Waals surface area contributed by atoms with Crippen LogP contribution in [0.2, 0.25) is 0 Å². The van der Waals surface area contributed by atoms with E-state index in [1.165, 1.54) is 17.8 Å². The molecule has 0 spiro atoms. The molecule has 1 N–H and O–H groups in total. The fraction of sp³-hybridized carbons (Fsp3) is 0.348. The molecule has 8 heteroatoms. The summed E-state index contributed by atoms with van der Waals surface area (Å²) in [5.74, 6) is 0.926. The molecule has 1 fully saturated rings. The molecule has 4 rings (SSSR count). The summed E-state index contributed by atoms with van der Waals surface area (Å²) >= 11 is 1.45. The zero-order chi connectivity index (χ0) is 21.8. The molecule has 0 aliphatic carbocycles. The van der Waals surface area contributed by atoms with Crippen LogP contribution in [0.4, 0.5) is 10.1 Å². The molecule has 1 amide bonds. The number of thioether (sulfide) groups is 1. The average Bonchev–Trinajstić information content (AvgIpc) is 3.19. The van der Waals surface area contributed by atoms with Crippen LogP contribution < -0.4 is 10.2 Å². The second-order valence-corrected chi connectivity index (χ2v) is 8.75. The van der Waals surface area contributed by atoms with E-state index in [1.807, 2.05) is 30.9 Å². The summed E-state index contributed by atoms with van der Waals surface area (Å²) in [6.45, 7) is 5.15. The largest absolute Gasteiger partial charge is 0.367 e. The number of carbonyl (C=O) groups excluding carboxylic acids is 1. The standard InChI is InChI=1S/C23H25FN4O2S/c1-15-7-8-20(24)21(11-15)28-10-4-5-17(13-28)26-22(29)19-6-3-9-25-23(19)31-14-18-12-16(2)30-27-18/h3,6-9,11-12,17H,4-5,10,13-14H2,1-2H3,(H,26,29). The first-order valence-corrected chi connectivity index (χ1v) is 11.3. The van der Waals surface area contributed by atoms with Crippen LogP contribution in [0.3, 0.4) is 0 Å². The van der Waals surface area contributed by atoms with Gasteiger partial charge in [0.15, 0.2) is 0 Å². The van der Waals surface area contributed by atoms with Crippen LogP contribution in [-0.4, -0.2) is 35.2 Å². The average molecular weight is 441 g/mol. The highest BCUT2D eigenvalue weighted by atomic mass is 32.2. The molecule has 0 radical (unpaired) electrons. The molecule has 3 heterocycles. The summed E-state index contributed by atoms with van der Waals surface area (Å²) in [6.07, 6.45) is 3.42. The Morgan fingerprint density at radius 2 is 2.19 bits per heavy atom. The van der Waals surface area contributed by atoms with Crippen molar-refractivity contribution in [1.29, 1.82) is 0 Å². The number of hydrogen-bond acceptors (Lipinski definition) is 6. The van der Waals surface area contributed by atoms with Gasteiger partial charge in [-0.1, -0.05) is 23.0 Å². The molecule has 6 nitrogen and oxygen atoms in total. The third-order valence-electron chi connectivity index (χ3n) is 5.25. The van der Waals surface area contributed by atoms with E-state index in [2.05, 4.69) is 15.5 Å². The highest BCUT2D eigenvalue weighted by Crippen LogP contribution is 2.26. The number of halogens is 1. The number of rotatable bonds is 6. The van der Waals surface area contributed by atoms with Crippen molar-refractivity contribution >= 4 is 23.4 Å². The van der Waals surface area contributed by atoms with Crippen molar-refractivity contribution in [3.63, 3.8) is 0 Å². The van der Waals surface area contributed by atoms with Crippen molar-refractivity contribution in [1.82, 2.24) is 15.5 Å². The Hall–Kier alpha value is -2.87. The first kappa shape index (κ1) is 21.4. The Morgan fingerprint density at radius 3 is 3.00 bits per heavy atom. The summed E-state index contributed by atoms with van der Waals surface area (Å²) in [5.41, 5.74) is 2.95. The topological polar surface area (TPSA) is 71.3 Å². The van der Waals surface area contributed by atoms with E-state index in [0.717, 1.165) is 36.4 Å². The lowest BCUT2D eigenvalue weighted by molar-refractivity contribution is 0.0929. The summed E-state index contributed by atoms with van der Waals surface area (Å²) < 4.78 is 19.4. The van der Waals surface area contributed by atoms with E-state index in [-0.39, 0.29) is 17.8 Å². The predicted molar refractivity (Wildman–Crippen MR) is 119 cm³/mol. The van der Waals surface area contributed by atoms with Gasteiger partial charge < -0.3 is 14.7 Å². The molecular weight excluding hydrogens is 415 g/mol. The monoisotopic (exact) mass is 440 g/mol. The molecule has 3 aromatic rings. The lowest BCUT2D eigenvalue weighted by Crippen LogP contribution is -2.48. The number of anilines is 1. The minimum absolute atomic E-state index is 0.0580. The third kappa shape index (κ3) is 5.25. The molecule has 31 heavy (non-hydrogen) atoms. The van der Waals surface area contributed by atoms with E-state index in [1.54, 1.807) is 24.4 Å². The normalized spacial score (nSPS) is 16.4. The number of amides is 1. The van der Waals surface area contributed by atoms with Gasteiger partial charge in [-0.25, -0.2) is 9.37 Å². The molecule has 162 valence electrons. The first-order valence-electron chi connectivity index (χ1n) is 10.3. The zero-order valence-electron chi connectivity index (χ0n) is 17.6. The number of pyridine rings is 1. The molecule has 1 atom stereocenters. The molecule has 1 unspecified atom stereocenters. The second-order valence-electron chi connectivity index (χ2n) is 7.79. The SMILES string of the molecule is Cc1ccc(F)c(N2CCCC(NC(=O)c3cccnc3SCc3cc(C)on3)C2)c1. The minimum Gasteiger partial charge on any atom is -0.367 e. The summed E-state index contributed by atoms with van der Waals surface area (Å²) in [6, 6.07) is 10.5. The first-order chi connectivity index (χ1) is 15.0. The number of aromatic nitrogens is 2. The van der Waals surface area contributed by atoms with Gasteiger partial charge in [0.05, 0.1) is 16.9 Å². The van der Waals surface area contributed by atoms with Crippen LogP contribution >= 0.6 is 11.8 Å². The number of nitrogens with zero attached hydrogens (tertiary/aromatic N) is 3. The summed E-state index contributed by atoms with van der Waals surface area (Å²) in [4.78, 5) is 19.4. The van der Waals surface area contributed by atoms with Gasteiger partial charge in [-0.3, -0.25) is 4.79 Å². The van der Waals surface area contributed by atoms with Crippen LogP contribution in [0.25, 0.3) is 0 Å². The second kappa shape index (κ2) is 9.51. The molecular formula is C23H25FN4O2S. The van der Waals surface area contributed by atoms with E-state index >= 15 is 0 Å². The number of aryl methyl sites for hydroxylation is 2. The molecule has 1 saturated heterocycles. The maximum atomic E-state index is 14.3. The van der Waals surface area contributed by atoms with Gasteiger partial charge in [-0.15, -0.1) is 0 Å². The fourth-order valence-electron chi connectivity index (χ4n) is 3.75. The highest BCUT2D eigenvalue weighted by Gasteiger charge is 2.25. The minimum atomic E-state index is -0.230. The maximum absolute atomic E-state index is 14.3. The zero-order valence-corrected chi connectivity index (χ0v) is 18.4. The van der Waals surface area contributed by atoms with E-state index in [9.17, 15) is 9.18 Å². The Bertz CT molecular complexity index is 1070. The maximum Gasteiger partial charge on any atom is 0.254 e. The predicted octanol–water partition coefficient (Wildman–Crippen LogP) is 4.52. The summed E-state index contributed by atoms with van der Waals surface area (Å²) in [7, 11) is 0. The molecule has 2 aromatic heterocycles.